The van der Waals surface area contributed by atoms with E-state index in [4.69, 9.17) is 4.84 Å². The number of aromatic hydroxyl groups is 2. The third-order valence-electron chi connectivity index (χ3n) is 5.60. The molecule has 2 aliphatic rings. The summed E-state index contributed by atoms with van der Waals surface area (Å²) in [5.41, 5.74) is 2.26. The largest absolute Gasteiger partial charge is 0.492 e. The van der Waals surface area contributed by atoms with E-state index in [-0.39, 0.29) is 11.8 Å². The fourth-order valence-corrected chi connectivity index (χ4v) is 4.36. The molecule has 4 rings (SSSR count). The molecule has 0 saturated carbocycles. The molecule has 0 bridgehead atoms. The van der Waals surface area contributed by atoms with E-state index in [0.29, 0.717) is 31.0 Å². The molecule has 2 aromatic rings. The van der Waals surface area contributed by atoms with Crippen molar-refractivity contribution in [1.82, 2.24) is 24.3 Å². The highest BCUT2D eigenvalue weighted by Gasteiger charge is 2.42. The van der Waals surface area contributed by atoms with Crippen molar-refractivity contribution in [3.8, 4) is 11.8 Å². The predicted octanol–water partition coefficient (Wildman–Crippen LogP) is 1.60. The van der Waals surface area contributed by atoms with Gasteiger partial charge in [0, 0.05) is 50.9 Å². The summed E-state index contributed by atoms with van der Waals surface area (Å²) in [6.45, 7) is 10.2. The van der Waals surface area contributed by atoms with E-state index in [2.05, 4.69) is 34.6 Å². The van der Waals surface area contributed by atoms with Crippen LogP contribution in [0.4, 0.5) is 4.79 Å². The van der Waals surface area contributed by atoms with Crippen LogP contribution in [0.3, 0.4) is 0 Å². The van der Waals surface area contributed by atoms with Crippen LogP contribution in [0.1, 0.15) is 31.3 Å². The first-order chi connectivity index (χ1) is 13.3. The van der Waals surface area contributed by atoms with Crippen LogP contribution in [0.25, 0.3) is 0 Å². The molecule has 4 heterocycles. The van der Waals surface area contributed by atoms with Gasteiger partial charge in [-0.25, -0.2) is 4.79 Å². The Bertz CT molecular complexity index is 840. The molecule has 28 heavy (non-hydrogen) atoms. The lowest BCUT2D eigenvalue weighted by Gasteiger charge is -2.22. The van der Waals surface area contributed by atoms with E-state index in [1.807, 2.05) is 6.92 Å². The number of nitrogens with zero attached hydrogens (tertiary/aromatic N) is 5. The third-order valence-corrected chi connectivity index (χ3v) is 5.60. The van der Waals surface area contributed by atoms with Gasteiger partial charge < -0.3 is 20.0 Å². The van der Waals surface area contributed by atoms with Crippen LogP contribution in [0.2, 0.25) is 0 Å². The van der Waals surface area contributed by atoms with Gasteiger partial charge in [-0.3, -0.25) is 9.58 Å². The number of carbonyl (C=O) groups excluding carboxylic acids is 1. The quantitative estimate of drug-likeness (QED) is 0.825. The van der Waals surface area contributed by atoms with Crippen molar-refractivity contribution in [2.45, 2.75) is 33.4 Å². The third kappa shape index (κ3) is 3.42. The van der Waals surface area contributed by atoms with Crippen LogP contribution < -0.4 is 4.84 Å². The summed E-state index contributed by atoms with van der Waals surface area (Å²) in [4.78, 5) is 21.6. The Morgan fingerprint density at radius 2 is 1.79 bits per heavy atom. The number of hydrogen-bond donors (Lipinski definition) is 2. The number of rotatable bonds is 4. The van der Waals surface area contributed by atoms with Crippen molar-refractivity contribution < 1.29 is 19.8 Å². The van der Waals surface area contributed by atoms with Gasteiger partial charge in [0.05, 0.1) is 11.4 Å². The van der Waals surface area contributed by atoms with Gasteiger partial charge in [-0.1, -0.05) is 0 Å². The molecule has 2 N–H and O–H groups in total. The molecular weight excluding hydrogens is 362 g/mol. The topological polar surface area (TPSA) is 96.0 Å². The average molecular weight is 389 g/mol. The number of carbonyl (C=O) groups is 1. The minimum Gasteiger partial charge on any atom is -0.492 e. The van der Waals surface area contributed by atoms with Gasteiger partial charge in [0.15, 0.2) is 0 Å². The number of aryl methyl sites for hydroxylation is 1. The maximum Gasteiger partial charge on any atom is 0.434 e. The molecule has 0 spiro atoms. The number of hydrogen-bond acceptors (Lipinski definition) is 6. The maximum absolute atomic E-state index is 12.4. The minimum atomic E-state index is -0.559. The highest BCUT2D eigenvalue weighted by Crippen LogP contribution is 2.32. The zero-order valence-electron chi connectivity index (χ0n) is 16.4. The molecule has 9 nitrogen and oxygen atoms in total. The molecule has 1 amide bonds. The molecule has 2 aromatic heterocycles. The van der Waals surface area contributed by atoms with Gasteiger partial charge in [0.25, 0.3) is 0 Å². The monoisotopic (exact) mass is 389 g/mol. The summed E-state index contributed by atoms with van der Waals surface area (Å²) in [6.07, 6.45) is -0.559. The summed E-state index contributed by atoms with van der Waals surface area (Å²) in [7, 11) is 0. The lowest BCUT2D eigenvalue weighted by molar-refractivity contribution is 0.0773. The Kier molecular flexibility index (Phi) is 4.70. The summed E-state index contributed by atoms with van der Waals surface area (Å²) >= 11 is 0. The summed E-state index contributed by atoms with van der Waals surface area (Å²) in [6, 6.07) is 5.01. The molecule has 2 aliphatic heterocycles. The molecule has 0 radical (unpaired) electrons. The minimum absolute atomic E-state index is 0.312. The summed E-state index contributed by atoms with van der Waals surface area (Å²) in [5.74, 6) is 0.175. The molecular formula is C19H27N5O4. The van der Waals surface area contributed by atoms with E-state index in [9.17, 15) is 15.0 Å². The van der Waals surface area contributed by atoms with Crippen molar-refractivity contribution in [3.63, 3.8) is 0 Å². The standard InChI is InChI=1S/C19H27N5O4/c1-12(2)23-16(6-13(3)20-23)11-21-7-14-9-22(10-15(14)8-21)19(27)28-24-17(25)4-5-18(24)26/h4-6,12,14-15,25-26H,7-11H2,1-3H3. The molecule has 2 atom stereocenters. The van der Waals surface area contributed by atoms with E-state index in [1.165, 1.54) is 17.8 Å². The van der Waals surface area contributed by atoms with Crippen LogP contribution in [-0.4, -0.2) is 66.8 Å². The van der Waals surface area contributed by atoms with Crippen molar-refractivity contribution >= 4 is 6.09 Å². The van der Waals surface area contributed by atoms with Gasteiger partial charge >= 0.3 is 6.09 Å². The van der Waals surface area contributed by atoms with E-state index >= 15 is 0 Å². The maximum atomic E-state index is 12.4. The van der Waals surface area contributed by atoms with Crippen molar-refractivity contribution in [3.05, 3.63) is 29.6 Å². The molecule has 0 aromatic carbocycles. The highest BCUT2D eigenvalue weighted by molar-refractivity contribution is 5.68. The fraction of sp³-hybridized carbons (Fsp3) is 0.579. The SMILES string of the molecule is Cc1cc(CN2CC3CN(C(=O)On4c(O)ccc4O)CC3C2)n(C(C)C)n1. The first kappa shape index (κ1) is 18.7. The van der Waals surface area contributed by atoms with Crippen molar-refractivity contribution in [2.24, 2.45) is 11.8 Å². The molecule has 0 aliphatic carbocycles. The highest BCUT2D eigenvalue weighted by atomic mass is 16.7. The van der Waals surface area contributed by atoms with Gasteiger partial charge in [-0.05, 0) is 38.7 Å². The molecule has 2 saturated heterocycles. The van der Waals surface area contributed by atoms with Gasteiger partial charge in [0.2, 0.25) is 11.8 Å². The second kappa shape index (κ2) is 7.05. The predicted molar refractivity (Wildman–Crippen MR) is 101 cm³/mol. The Balaban J connectivity index is 1.34. The number of fused-ring (bicyclic) bond motifs is 1. The second-order valence-electron chi connectivity index (χ2n) is 8.14. The number of amides is 1. The fourth-order valence-electron chi connectivity index (χ4n) is 4.36. The lowest BCUT2D eigenvalue weighted by atomic mass is 10.0. The van der Waals surface area contributed by atoms with Crippen molar-refractivity contribution in [2.75, 3.05) is 26.2 Å². The second-order valence-corrected chi connectivity index (χ2v) is 8.14. The van der Waals surface area contributed by atoms with E-state index in [1.54, 1.807) is 4.90 Å². The van der Waals surface area contributed by atoms with E-state index < -0.39 is 6.09 Å². The first-order valence-corrected chi connectivity index (χ1v) is 9.66. The Hall–Kier alpha value is -2.68. The van der Waals surface area contributed by atoms with Crippen molar-refractivity contribution in [1.29, 1.82) is 0 Å². The smallest absolute Gasteiger partial charge is 0.434 e. The van der Waals surface area contributed by atoms with Crippen LogP contribution in [-0.2, 0) is 6.54 Å². The van der Waals surface area contributed by atoms with E-state index in [0.717, 1.165) is 30.1 Å². The average Bonchev–Trinajstić information content (AvgIpc) is 3.35. The van der Waals surface area contributed by atoms with Crippen LogP contribution in [0.15, 0.2) is 18.2 Å². The summed E-state index contributed by atoms with van der Waals surface area (Å²) in [5, 5.41) is 23.8. The Morgan fingerprint density at radius 1 is 1.18 bits per heavy atom. The van der Waals surface area contributed by atoms with Crippen LogP contribution >= 0.6 is 0 Å². The van der Waals surface area contributed by atoms with Gasteiger partial charge in [-0.2, -0.15) is 5.10 Å². The molecule has 152 valence electrons. The zero-order chi connectivity index (χ0) is 20.0. The lowest BCUT2D eigenvalue weighted by Crippen LogP contribution is -2.37. The zero-order valence-corrected chi connectivity index (χ0v) is 16.4. The molecule has 9 heteroatoms. The molecule has 2 fully saturated rings. The van der Waals surface area contributed by atoms with Crippen LogP contribution in [0.5, 0.6) is 11.8 Å². The Morgan fingerprint density at radius 3 is 2.36 bits per heavy atom. The first-order valence-electron chi connectivity index (χ1n) is 9.66. The number of likely N-dealkylation sites (tertiary alicyclic amines) is 2. The molecule has 2 unspecified atom stereocenters. The summed E-state index contributed by atoms with van der Waals surface area (Å²) < 4.78 is 2.82. The van der Waals surface area contributed by atoms with Crippen LogP contribution in [0, 0.1) is 18.8 Å². The normalized spacial score (nSPS) is 22.2. The number of aromatic nitrogens is 3. The van der Waals surface area contributed by atoms with Gasteiger partial charge in [-0.15, -0.1) is 4.73 Å². The van der Waals surface area contributed by atoms with Gasteiger partial charge in [0.1, 0.15) is 0 Å². The Labute approximate surface area is 163 Å².